The number of nitrogens with zero attached hydrogens (tertiary/aromatic N) is 2. The van der Waals surface area contributed by atoms with Crippen LogP contribution in [0.3, 0.4) is 0 Å². The molecule has 0 fully saturated rings. The fourth-order valence-corrected chi connectivity index (χ4v) is 1.99. The van der Waals surface area contributed by atoms with E-state index in [1.165, 1.54) is 0 Å². The number of nitrogen functional groups attached to an aromatic ring is 1. The molecular weight excluding hydrogens is 258 g/mol. The Morgan fingerprint density at radius 2 is 2.10 bits per heavy atom. The summed E-state index contributed by atoms with van der Waals surface area (Å²) in [5.74, 6) is -0.475. The van der Waals surface area contributed by atoms with Crippen LogP contribution in [0.25, 0.3) is 0 Å². The van der Waals surface area contributed by atoms with Crippen molar-refractivity contribution in [3.05, 3.63) is 29.8 Å². The normalized spacial score (nSPS) is 20.8. The minimum absolute atomic E-state index is 0.0882. The molecule has 1 aliphatic rings. The van der Waals surface area contributed by atoms with Crippen LogP contribution in [0, 0.1) is 0 Å². The Morgan fingerprint density at radius 3 is 2.70 bits per heavy atom. The molecule has 0 bridgehead atoms. The highest BCUT2D eigenvalue weighted by Crippen LogP contribution is 2.17. The summed E-state index contributed by atoms with van der Waals surface area (Å²) in [6, 6.07) is 7.08. The van der Waals surface area contributed by atoms with Crippen LogP contribution in [0.2, 0.25) is 0 Å². The predicted octanol–water partition coefficient (Wildman–Crippen LogP) is 0.337. The van der Waals surface area contributed by atoms with Gasteiger partial charge >= 0.3 is 0 Å². The molecule has 108 valence electrons. The Hall–Kier alpha value is -1.92. The van der Waals surface area contributed by atoms with Gasteiger partial charge in [0.05, 0.1) is 18.4 Å². The summed E-state index contributed by atoms with van der Waals surface area (Å²) in [7, 11) is 0. The van der Waals surface area contributed by atoms with Crippen molar-refractivity contribution in [2.24, 2.45) is 5.10 Å². The topological polar surface area (TPSA) is 99.2 Å². The lowest BCUT2D eigenvalue weighted by Crippen LogP contribution is -2.45. The van der Waals surface area contributed by atoms with Gasteiger partial charge in [0.15, 0.2) is 0 Å². The van der Waals surface area contributed by atoms with E-state index in [0.717, 1.165) is 10.6 Å². The van der Waals surface area contributed by atoms with Crippen molar-refractivity contribution in [2.75, 3.05) is 12.3 Å². The van der Waals surface area contributed by atoms with Gasteiger partial charge in [-0.2, -0.15) is 5.10 Å². The first-order valence-electron chi connectivity index (χ1n) is 6.62. The monoisotopic (exact) mass is 277 g/mol. The number of amides is 1. The molecule has 6 heteroatoms. The van der Waals surface area contributed by atoms with Crippen molar-refractivity contribution in [3.8, 4) is 0 Å². The van der Waals surface area contributed by atoms with Crippen molar-refractivity contribution < 1.29 is 15.0 Å². The summed E-state index contributed by atoms with van der Waals surface area (Å²) < 4.78 is 0. The summed E-state index contributed by atoms with van der Waals surface area (Å²) in [5.41, 5.74) is 7.69. The van der Waals surface area contributed by atoms with Gasteiger partial charge in [-0.3, -0.25) is 4.79 Å². The van der Waals surface area contributed by atoms with Crippen molar-refractivity contribution in [1.82, 2.24) is 5.01 Å². The van der Waals surface area contributed by atoms with Gasteiger partial charge in [-0.25, -0.2) is 5.01 Å². The van der Waals surface area contributed by atoms with Crippen molar-refractivity contribution in [2.45, 2.75) is 32.0 Å². The van der Waals surface area contributed by atoms with E-state index in [1.54, 1.807) is 24.3 Å². The molecule has 6 nitrogen and oxygen atoms in total. The average molecular weight is 277 g/mol. The van der Waals surface area contributed by atoms with E-state index in [2.05, 4.69) is 5.10 Å². The number of aliphatic hydroxyl groups excluding tert-OH is 2. The zero-order chi connectivity index (χ0) is 14.7. The van der Waals surface area contributed by atoms with Gasteiger partial charge in [0.25, 0.3) is 5.91 Å². The van der Waals surface area contributed by atoms with E-state index in [1.807, 2.05) is 6.92 Å². The Balaban J connectivity index is 2.25. The van der Waals surface area contributed by atoms with E-state index in [0.29, 0.717) is 17.8 Å². The highest BCUT2D eigenvalue weighted by atomic mass is 16.3. The molecule has 1 amide bonds. The number of rotatable bonds is 4. The van der Waals surface area contributed by atoms with Crippen LogP contribution in [0.5, 0.6) is 0 Å². The quantitative estimate of drug-likeness (QED) is 0.691. The van der Waals surface area contributed by atoms with E-state index in [-0.39, 0.29) is 13.0 Å². The lowest BCUT2D eigenvalue weighted by atomic mass is 10.0. The Kier molecular flexibility index (Phi) is 4.36. The van der Waals surface area contributed by atoms with E-state index in [4.69, 9.17) is 5.73 Å². The standard InChI is InChI=1S/C14H19N3O3/c1-2-11(18)8-17-14(20)13(19)7-12(16-17)9-3-5-10(15)6-4-9/h3-6,11,13,18-19H,2,7-8,15H2,1H3. The Bertz CT molecular complexity index is 513. The number of carbonyl (C=O) groups is 1. The SMILES string of the molecule is CCC(O)CN1N=C(c2ccc(N)cc2)CC(O)C1=O. The summed E-state index contributed by atoms with van der Waals surface area (Å²) in [4.78, 5) is 11.8. The molecule has 1 aliphatic heterocycles. The molecule has 20 heavy (non-hydrogen) atoms. The number of benzene rings is 1. The fourth-order valence-electron chi connectivity index (χ4n) is 1.99. The molecule has 2 atom stereocenters. The minimum atomic E-state index is -1.12. The third-order valence-electron chi connectivity index (χ3n) is 3.27. The molecule has 0 radical (unpaired) electrons. The van der Waals surface area contributed by atoms with Gasteiger partial charge < -0.3 is 15.9 Å². The molecule has 0 aromatic heterocycles. The number of carbonyl (C=O) groups excluding carboxylic acids is 1. The Morgan fingerprint density at radius 1 is 1.45 bits per heavy atom. The van der Waals surface area contributed by atoms with Crippen molar-refractivity contribution in [1.29, 1.82) is 0 Å². The van der Waals surface area contributed by atoms with E-state index in [9.17, 15) is 15.0 Å². The molecule has 0 aliphatic carbocycles. The molecule has 2 rings (SSSR count). The lowest BCUT2D eigenvalue weighted by Gasteiger charge is -2.28. The molecule has 0 saturated carbocycles. The second kappa shape index (κ2) is 6.02. The van der Waals surface area contributed by atoms with Crippen LogP contribution in [0.1, 0.15) is 25.3 Å². The smallest absolute Gasteiger partial charge is 0.271 e. The highest BCUT2D eigenvalue weighted by molar-refractivity contribution is 6.05. The first kappa shape index (κ1) is 14.5. The summed E-state index contributed by atoms with van der Waals surface area (Å²) in [6.45, 7) is 1.91. The number of hydrogen-bond donors (Lipinski definition) is 3. The molecule has 0 saturated heterocycles. The van der Waals surface area contributed by atoms with Crippen LogP contribution in [0.4, 0.5) is 5.69 Å². The molecular formula is C14H19N3O3. The van der Waals surface area contributed by atoms with Crippen LogP contribution >= 0.6 is 0 Å². The number of hydrogen-bond acceptors (Lipinski definition) is 5. The van der Waals surface area contributed by atoms with Gasteiger partial charge in [-0.1, -0.05) is 19.1 Å². The number of nitrogens with two attached hydrogens (primary N) is 1. The fraction of sp³-hybridized carbons (Fsp3) is 0.429. The first-order chi connectivity index (χ1) is 9.51. The Labute approximate surface area is 117 Å². The van der Waals surface area contributed by atoms with Gasteiger partial charge in [-0.05, 0) is 24.1 Å². The molecule has 1 aromatic carbocycles. The third-order valence-corrected chi connectivity index (χ3v) is 3.27. The number of anilines is 1. The molecule has 2 unspecified atom stereocenters. The lowest BCUT2D eigenvalue weighted by molar-refractivity contribution is -0.142. The third kappa shape index (κ3) is 3.15. The van der Waals surface area contributed by atoms with Crippen LogP contribution < -0.4 is 5.73 Å². The average Bonchev–Trinajstić information content (AvgIpc) is 2.44. The first-order valence-corrected chi connectivity index (χ1v) is 6.62. The largest absolute Gasteiger partial charge is 0.399 e. The van der Waals surface area contributed by atoms with Crippen LogP contribution in [-0.4, -0.2) is 45.6 Å². The van der Waals surface area contributed by atoms with E-state index >= 15 is 0 Å². The maximum atomic E-state index is 11.8. The molecule has 1 heterocycles. The zero-order valence-corrected chi connectivity index (χ0v) is 11.4. The van der Waals surface area contributed by atoms with Crippen LogP contribution in [-0.2, 0) is 4.79 Å². The predicted molar refractivity (Wildman–Crippen MR) is 76.0 cm³/mol. The van der Waals surface area contributed by atoms with Gasteiger partial charge in [-0.15, -0.1) is 0 Å². The number of β-amino-alcohol motifs (C(OH)–C–C–N with tert-alkyl or cyclic N) is 1. The maximum absolute atomic E-state index is 11.8. The second-order valence-corrected chi connectivity index (χ2v) is 4.87. The molecule has 0 spiro atoms. The molecule has 4 N–H and O–H groups in total. The van der Waals surface area contributed by atoms with Gasteiger partial charge in [0, 0.05) is 12.1 Å². The van der Waals surface area contributed by atoms with Crippen LogP contribution in [0.15, 0.2) is 29.4 Å². The maximum Gasteiger partial charge on any atom is 0.271 e. The summed E-state index contributed by atoms with van der Waals surface area (Å²) in [6.07, 6.45) is -1.08. The second-order valence-electron chi connectivity index (χ2n) is 4.87. The minimum Gasteiger partial charge on any atom is -0.399 e. The van der Waals surface area contributed by atoms with Gasteiger partial charge in [0.2, 0.25) is 0 Å². The van der Waals surface area contributed by atoms with Gasteiger partial charge in [0.1, 0.15) is 6.10 Å². The number of hydrazone groups is 1. The van der Waals surface area contributed by atoms with E-state index < -0.39 is 18.1 Å². The summed E-state index contributed by atoms with van der Waals surface area (Å²) in [5, 5.41) is 24.9. The molecule has 1 aromatic rings. The highest BCUT2D eigenvalue weighted by Gasteiger charge is 2.30. The van der Waals surface area contributed by atoms with Crippen molar-refractivity contribution in [3.63, 3.8) is 0 Å². The zero-order valence-electron chi connectivity index (χ0n) is 11.4. The van der Waals surface area contributed by atoms with Crippen molar-refractivity contribution >= 4 is 17.3 Å². The number of aliphatic hydroxyl groups is 2. The summed E-state index contributed by atoms with van der Waals surface area (Å²) >= 11 is 0.